The Kier molecular flexibility index (Phi) is 7.81. The van der Waals surface area contributed by atoms with Crippen LogP contribution in [-0.2, 0) is 4.74 Å². The Hall–Kier alpha value is -1.77. The van der Waals surface area contributed by atoms with E-state index in [-0.39, 0.29) is 11.5 Å². The zero-order valence-electron chi connectivity index (χ0n) is 24.0. The highest BCUT2D eigenvalue weighted by Gasteiger charge is 2.59. The molecule has 0 amide bonds. The minimum Gasteiger partial charge on any atom is -0.430 e. The molecule has 204 valence electrons. The van der Waals surface area contributed by atoms with E-state index in [2.05, 4.69) is 40.7 Å². The highest BCUT2D eigenvalue weighted by atomic mass is 16.7. The number of para-hydroxylation sites is 1. The van der Waals surface area contributed by atoms with Crippen molar-refractivity contribution in [2.75, 3.05) is 0 Å². The molecule has 3 saturated carbocycles. The standard InChI is InChI=1S/C34H50O3/c1-23(2)10-9-11-24(3)29-16-17-30-28-15-14-25-22-27(37-32(35)36-26-12-7-6-8-13-26)18-20-33(25,4)31(28)19-21-34(29,30)5/h6-8,12-14,23-24,27-31H,9-11,15-22H2,1-5H3/t24?,27-,28?,29+,30?,31?,33-,34+/m0/s1. The van der Waals surface area contributed by atoms with Crippen LogP contribution in [0.3, 0.4) is 0 Å². The third-order valence-electron chi connectivity index (χ3n) is 11.5. The fraction of sp³-hybridized carbons (Fsp3) is 0.735. The van der Waals surface area contributed by atoms with Gasteiger partial charge in [0, 0.05) is 6.42 Å². The molecule has 0 aliphatic heterocycles. The van der Waals surface area contributed by atoms with Gasteiger partial charge >= 0.3 is 6.16 Å². The maximum atomic E-state index is 12.4. The predicted octanol–water partition coefficient (Wildman–Crippen LogP) is 9.61. The van der Waals surface area contributed by atoms with Crippen molar-refractivity contribution in [1.29, 1.82) is 0 Å². The fourth-order valence-corrected chi connectivity index (χ4v) is 9.50. The van der Waals surface area contributed by atoms with Crippen LogP contribution in [0.2, 0.25) is 0 Å². The van der Waals surface area contributed by atoms with Gasteiger partial charge in [-0.15, -0.1) is 0 Å². The molecule has 0 radical (unpaired) electrons. The smallest absolute Gasteiger partial charge is 0.430 e. The second-order valence-corrected chi connectivity index (χ2v) is 13.9. The van der Waals surface area contributed by atoms with E-state index in [1.165, 1.54) is 51.4 Å². The van der Waals surface area contributed by atoms with Gasteiger partial charge in [-0.25, -0.2) is 4.79 Å². The number of rotatable bonds is 7. The van der Waals surface area contributed by atoms with Crippen LogP contribution >= 0.6 is 0 Å². The summed E-state index contributed by atoms with van der Waals surface area (Å²) in [5.41, 5.74) is 2.36. The number of fused-ring (bicyclic) bond motifs is 5. The zero-order chi connectivity index (χ0) is 26.2. The maximum absolute atomic E-state index is 12.4. The molecule has 0 N–H and O–H groups in total. The molecule has 37 heavy (non-hydrogen) atoms. The second kappa shape index (κ2) is 10.8. The van der Waals surface area contributed by atoms with Crippen LogP contribution < -0.4 is 4.74 Å². The molecule has 4 unspecified atom stereocenters. The van der Waals surface area contributed by atoms with Crippen molar-refractivity contribution >= 4 is 6.16 Å². The Morgan fingerprint density at radius 3 is 2.51 bits per heavy atom. The summed E-state index contributed by atoms with van der Waals surface area (Å²) in [4.78, 5) is 12.4. The van der Waals surface area contributed by atoms with Crippen LogP contribution in [0.25, 0.3) is 0 Å². The number of carbonyl (C=O) groups excluding carboxylic acids is 1. The topological polar surface area (TPSA) is 35.5 Å². The minimum atomic E-state index is -0.568. The molecule has 1 aromatic carbocycles. The fourth-order valence-electron chi connectivity index (χ4n) is 9.50. The van der Waals surface area contributed by atoms with E-state index in [9.17, 15) is 4.79 Å². The molecular formula is C34H50O3. The van der Waals surface area contributed by atoms with E-state index in [0.29, 0.717) is 11.2 Å². The Morgan fingerprint density at radius 1 is 0.973 bits per heavy atom. The lowest BCUT2D eigenvalue weighted by atomic mass is 9.47. The average molecular weight is 507 g/mol. The summed E-state index contributed by atoms with van der Waals surface area (Å²) in [5, 5.41) is 0. The third kappa shape index (κ3) is 5.26. The molecular weight excluding hydrogens is 456 g/mol. The van der Waals surface area contributed by atoms with Gasteiger partial charge < -0.3 is 9.47 Å². The molecule has 3 fully saturated rings. The highest BCUT2D eigenvalue weighted by Crippen LogP contribution is 2.67. The van der Waals surface area contributed by atoms with Crippen molar-refractivity contribution in [1.82, 2.24) is 0 Å². The normalized spacial score (nSPS) is 37.7. The quantitative estimate of drug-likeness (QED) is 0.210. The van der Waals surface area contributed by atoms with Gasteiger partial charge in [-0.1, -0.05) is 83.7 Å². The predicted molar refractivity (Wildman–Crippen MR) is 150 cm³/mol. The van der Waals surface area contributed by atoms with E-state index in [1.807, 2.05) is 18.2 Å². The third-order valence-corrected chi connectivity index (χ3v) is 11.5. The van der Waals surface area contributed by atoms with E-state index < -0.39 is 6.16 Å². The number of ether oxygens (including phenoxy) is 2. The van der Waals surface area contributed by atoms with Crippen molar-refractivity contribution in [3.8, 4) is 5.75 Å². The summed E-state index contributed by atoms with van der Waals surface area (Å²) in [7, 11) is 0. The number of allylic oxidation sites excluding steroid dienone is 1. The van der Waals surface area contributed by atoms with E-state index in [4.69, 9.17) is 9.47 Å². The van der Waals surface area contributed by atoms with Crippen molar-refractivity contribution in [2.45, 2.75) is 111 Å². The zero-order valence-corrected chi connectivity index (χ0v) is 24.0. The van der Waals surface area contributed by atoms with Gasteiger partial charge in [-0.05, 0) is 103 Å². The Labute approximate surface area is 225 Å². The van der Waals surface area contributed by atoms with Gasteiger partial charge in [0.1, 0.15) is 11.9 Å². The maximum Gasteiger partial charge on any atom is 0.514 e. The van der Waals surface area contributed by atoms with Crippen molar-refractivity contribution in [2.24, 2.45) is 46.3 Å². The first-order valence-electron chi connectivity index (χ1n) is 15.3. The first-order valence-corrected chi connectivity index (χ1v) is 15.3. The molecule has 4 aliphatic rings. The first kappa shape index (κ1) is 26.8. The molecule has 0 saturated heterocycles. The van der Waals surface area contributed by atoms with Crippen molar-refractivity contribution in [3.63, 3.8) is 0 Å². The Morgan fingerprint density at radius 2 is 1.76 bits per heavy atom. The SMILES string of the molecule is CC(C)CCCC(C)[C@H]1CCC2C3CC=C4C[C@@H](OC(=O)Oc5ccccc5)CC[C@]4(C)C3CC[C@@]21C. The second-order valence-electron chi connectivity index (χ2n) is 13.9. The molecule has 4 aliphatic carbocycles. The molecule has 3 nitrogen and oxygen atoms in total. The monoisotopic (exact) mass is 506 g/mol. The van der Waals surface area contributed by atoms with E-state index in [1.54, 1.807) is 17.7 Å². The summed E-state index contributed by atoms with van der Waals surface area (Å²) >= 11 is 0. The van der Waals surface area contributed by atoms with Crippen LogP contribution in [0.4, 0.5) is 4.79 Å². The van der Waals surface area contributed by atoms with Crippen molar-refractivity contribution in [3.05, 3.63) is 42.0 Å². The number of benzene rings is 1. The van der Waals surface area contributed by atoms with Crippen LogP contribution in [0.5, 0.6) is 5.75 Å². The summed E-state index contributed by atoms with van der Waals surface area (Å²) in [6.07, 6.45) is 16.0. The van der Waals surface area contributed by atoms with Gasteiger partial charge in [-0.3, -0.25) is 0 Å². The van der Waals surface area contributed by atoms with Crippen molar-refractivity contribution < 1.29 is 14.3 Å². The van der Waals surface area contributed by atoms with Crippen LogP contribution in [-0.4, -0.2) is 12.3 Å². The van der Waals surface area contributed by atoms with Gasteiger partial charge in [0.25, 0.3) is 0 Å². The Bertz CT molecular complexity index is 967. The lowest BCUT2D eigenvalue weighted by molar-refractivity contribution is -0.0597. The molecule has 5 rings (SSSR count). The molecule has 0 heterocycles. The minimum absolute atomic E-state index is 0.0662. The molecule has 0 bridgehead atoms. The summed E-state index contributed by atoms with van der Waals surface area (Å²) in [6.45, 7) is 12.5. The molecule has 1 aromatic rings. The van der Waals surface area contributed by atoms with Crippen LogP contribution in [0.1, 0.15) is 105 Å². The van der Waals surface area contributed by atoms with Gasteiger partial charge in [0.05, 0.1) is 0 Å². The van der Waals surface area contributed by atoms with E-state index >= 15 is 0 Å². The lowest BCUT2D eigenvalue weighted by Gasteiger charge is -2.58. The molecule has 0 aromatic heterocycles. The Balaban J connectivity index is 1.22. The van der Waals surface area contributed by atoms with Crippen LogP contribution in [0.15, 0.2) is 42.0 Å². The number of hydrogen-bond acceptors (Lipinski definition) is 3. The van der Waals surface area contributed by atoms with E-state index in [0.717, 1.165) is 54.8 Å². The average Bonchev–Trinajstić information content (AvgIpc) is 3.22. The lowest BCUT2D eigenvalue weighted by Crippen LogP contribution is -2.51. The number of carbonyl (C=O) groups is 1. The van der Waals surface area contributed by atoms with Gasteiger partial charge in [-0.2, -0.15) is 0 Å². The molecule has 8 atom stereocenters. The summed E-state index contributed by atoms with van der Waals surface area (Å²) in [6, 6.07) is 9.23. The largest absolute Gasteiger partial charge is 0.514 e. The summed E-state index contributed by atoms with van der Waals surface area (Å²) in [5.74, 6) is 5.64. The van der Waals surface area contributed by atoms with Crippen LogP contribution in [0, 0.1) is 46.3 Å². The number of hydrogen-bond donors (Lipinski definition) is 0. The van der Waals surface area contributed by atoms with Gasteiger partial charge in [0.15, 0.2) is 0 Å². The molecule has 3 heteroatoms. The summed E-state index contributed by atoms with van der Waals surface area (Å²) < 4.78 is 11.2. The highest BCUT2D eigenvalue weighted by molar-refractivity contribution is 5.64. The first-order chi connectivity index (χ1) is 17.7. The molecule has 0 spiro atoms. The van der Waals surface area contributed by atoms with Gasteiger partial charge in [0.2, 0.25) is 0 Å².